The highest BCUT2D eigenvalue weighted by molar-refractivity contribution is 7.89. The van der Waals surface area contributed by atoms with Crippen LogP contribution in [-0.2, 0) is 30.9 Å². The van der Waals surface area contributed by atoms with Gasteiger partial charge in [-0.2, -0.15) is 4.31 Å². The van der Waals surface area contributed by atoms with Crippen molar-refractivity contribution in [1.82, 2.24) is 9.62 Å². The first-order valence-electron chi connectivity index (χ1n) is 10.3. The number of esters is 1. The van der Waals surface area contributed by atoms with E-state index in [1.165, 1.54) is 10.6 Å². The van der Waals surface area contributed by atoms with Crippen LogP contribution in [0.25, 0.3) is 0 Å². The van der Waals surface area contributed by atoms with E-state index in [4.69, 9.17) is 9.15 Å². The highest BCUT2D eigenvalue weighted by Gasteiger charge is 2.33. The van der Waals surface area contributed by atoms with Crippen molar-refractivity contribution in [2.45, 2.75) is 44.0 Å². The smallest absolute Gasteiger partial charge is 0.309 e. The van der Waals surface area contributed by atoms with E-state index in [1.807, 2.05) is 12.1 Å². The third kappa shape index (κ3) is 5.95. The van der Waals surface area contributed by atoms with Crippen LogP contribution in [-0.4, -0.2) is 44.3 Å². The average Bonchev–Trinajstić information content (AvgIpc) is 3.30. The Morgan fingerprint density at radius 3 is 2.42 bits per heavy atom. The normalized spacial score (nSPS) is 15.7. The van der Waals surface area contributed by atoms with Crippen molar-refractivity contribution in [3.05, 3.63) is 54.0 Å². The van der Waals surface area contributed by atoms with E-state index in [0.717, 1.165) is 5.56 Å². The van der Waals surface area contributed by atoms with Crippen molar-refractivity contribution in [3.8, 4) is 0 Å². The van der Waals surface area contributed by atoms with Crippen LogP contribution in [0.4, 0.5) is 0 Å². The highest BCUT2D eigenvalue weighted by Crippen LogP contribution is 2.25. The maximum Gasteiger partial charge on any atom is 0.309 e. The Morgan fingerprint density at radius 2 is 1.84 bits per heavy atom. The van der Waals surface area contributed by atoms with Crippen molar-refractivity contribution in [2.75, 3.05) is 19.7 Å². The molecule has 1 saturated heterocycles. The summed E-state index contributed by atoms with van der Waals surface area (Å²) in [6, 6.07) is 10.4. The zero-order valence-electron chi connectivity index (χ0n) is 17.7. The predicted octanol–water partition coefficient (Wildman–Crippen LogP) is 2.66. The Morgan fingerprint density at radius 1 is 1.16 bits per heavy atom. The van der Waals surface area contributed by atoms with E-state index in [2.05, 4.69) is 19.2 Å². The molecule has 0 saturated carbocycles. The first kappa shape index (κ1) is 23.0. The maximum atomic E-state index is 12.9. The minimum absolute atomic E-state index is 0.220. The van der Waals surface area contributed by atoms with Crippen molar-refractivity contribution >= 4 is 21.9 Å². The van der Waals surface area contributed by atoms with Gasteiger partial charge < -0.3 is 14.5 Å². The van der Waals surface area contributed by atoms with Gasteiger partial charge >= 0.3 is 5.97 Å². The molecule has 1 N–H and O–H groups in total. The largest absolute Gasteiger partial charge is 0.467 e. The minimum atomic E-state index is -3.60. The van der Waals surface area contributed by atoms with Crippen LogP contribution in [0.3, 0.4) is 0 Å². The second-order valence-corrected chi connectivity index (χ2v) is 9.80. The highest BCUT2D eigenvalue weighted by atomic mass is 32.2. The summed E-state index contributed by atoms with van der Waals surface area (Å²) in [5, 5.41) is 2.60. The molecule has 0 radical (unpaired) electrons. The van der Waals surface area contributed by atoms with E-state index in [1.54, 1.807) is 24.3 Å². The van der Waals surface area contributed by atoms with Gasteiger partial charge in [0.15, 0.2) is 6.61 Å². The van der Waals surface area contributed by atoms with Gasteiger partial charge in [0.05, 0.1) is 23.6 Å². The monoisotopic (exact) mass is 448 g/mol. The Kier molecular flexibility index (Phi) is 7.50. The van der Waals surface area contributed by atoms with Crippen LogP contribution >= 0.6 is 0 Å². The average molecular weight is 449 g/mol. The molecule has 1 aliphatic heterocycles. The molecule has 1 aromatic carbocycles. The van der Waals surface area contributed by atoms with Crippen LogP contribution in [0.15, 0.2) is 52.0 Å². The first-order chi connectivity index (χ1) is 14.8. The van der Waals surface area contributed by atoms with Gasteiger partial charge in [0, 0.05) is 13.1 Å². The van der Waals surface area contributed by atoms with Crippen LogP contribution in [0.5, 0.6) is 0 Å². The summed E-state index contributed by atoms with van der Waals surface area (Å²) in [6.07, 6.45) is 2.22. The molecule has 1 fully saturated rings. The SMILES string of the molecule is CC(C)c1ccc(S(=O)(=O)N2CCC(C(=O)OCC(=O)NCc3ccco3)CC2)cc1. The van der Waals surface area contributed by atoms with Gasteiger partial charge in [-0.3, -0.25) is 9.59 Å². The summed E-state index contributed by atoms with van der Waals surface area (Å²) < 4.78 is 37.4. The lowest BCUT2D eigenvalue weighted by atomic mass is 9.98. The zero-order valence-corrected chi connectivity index (χ0v) is 18.6. The molecular formula is C22H28N2O6S. The third-order valence-corrected chi connectivity index (χ3v) is 7.27. The van der Waals surface area contributed by atoms with Gasteiger partial charge in [0.25, 0.3) is 5.91 Å². The molecule has 0 bridgehead atoms. The number of carbonyl (C=O) groups excluding carboxylic acids is 2. The summed E-state index contributed by atoms with van der Waals surface area (Å²) in [4.78, 5) is 24.3. The van der Waals surface area contributed by atoms with E-state index in [9.17, 15) is 18.0 Å². The lowest BCUT2D eigenvalue weighted by molar-refractivity contribution is -0.153. The van der Waals surface area contributed by atoms with Gasteiger partial charge in [0.1, 0.15) is 5.76 Å². The number of carbonyl (C=O) groups is 2. The quantitative estimate of drug-likeness (QED) is 0.623. The van der Waals surface area contributed by atoms with Crippen LogP contribution in [0, 0.1) is 5.92 Å². The van der Waals surface area contributed by atoms with Crippen molar-refractivity contribution in [1.29, 1.82) is 0 Å². The molecule has 9 heteroatoms. The molecular weight excluding hydrogens is 420 g/mol. The molecule has 2 aromatic rings. The molecule has 8 nitrogen and oxygen atoms in total. The van der Waals surface area contributed by atoms with Crippen molar-refractivity contribution in [3.63, 3.8) is 0 Å². The van der Waals surface area contributed by atoms with E-state index in [-0.39, 0.29) is 31.1 Å². The Labute approximate surface area is 182 Å². The number of piperidine rings is 1. The second-order valence-electron chi connectivity index (χ2n) is 7.87. The molecule has 1 aliphatic rings. The number of ether oxygens (including phenoxy) is 1. The lowest BCUT2D eigenvalue weighted by Gasteiger charge is -2.30. The van der Waals surface area contributed by atoms with E-state index >= 15 is 0 Å². The number of hydrogen-bond donors (Lipinski definition) is 1. The standard InChI is InChI=1S/C22H28N2O6S/c1-16(2)17-5-7-20(8-6-17)31(27,28)24-11-9-18(10-12-24)22(26)30-15-21(25)23-14-19-4-3-13-29-19/h3-8,13,16,18H,9-12,14-15H2,1-2H3,(H,23,25). The van der Waals surface area contributed by atoms with Gasteiger partial charge in [-0.25, -0.2) is 8.42 Å². The molecule has 168 valence electrons. The minimum Gasteiger partial charge on any atom is -0.467 e. The number of nitrogens with zero attached hydrogens (tertiary/aromatic N) is 1. The lowest BCUT2D eigenvalue weighted by Crippen LogP contribution is -2.41. The van der Waals surface area contributed by atoms with E-state index < -0.39 is 27.8 Å². The summed E-state index contributed by atoms with van der Waals surface area (Å²) in [5.41, 5.74) is 1.08. The zero-order chi connectivity index (χ0) is 22.4. The number of rotatable bonds is 8. The topological polar surface area (TPSA) is 106 Å². The molecule has 0 aliphatic carbocycles. The molecule has 0 unspecified atom stereocenters. The summed E-state index contributed by atoms with van der Waals surface area (Å²) >= 11 is 0. The molecule has 2 heterocycles. The fourth-order valence-electron chi connectivity index (χ4n) is 3.41. The van der Waals surface area contributed by atoms with Gasteiger partial charge in [-0.1, -0.05) is 26.0 Å². The molecule has 1 amide bonds. The first-order valence-corrected chi connectivity index (χ1v) is 11.8. The number of furan rings is 1. The number of benzene rings is 1. The number of amides is 1. The third-order valence-electron chi connectivity index (χ3n) is 5.36. The molecule has 3 rings (SSSR count). The molecule has 31 heavy (non-hydrogen) atoms. The van der Waals surface area contributed by atoms with Gasteiger partial charge in [-0.15, -0.1) is 0 Å². The fourth-order valence-corrected chi connectivity index (χ4v) is 4.88. The Balaban J connectivity index is 1.45. The molecule has 1 aromatic heterocycles. The van der Waals surface area contributed by atoms with Crippen molar-refractivity contribution in [2.24, 2.45) is 5.92 Å². The van der Waals surface area contributed by atoms with Gasteiger partial charge in [-0.05, 0) is 48.6 Å². The van der Waals surface area contributed by atoms with Crippen LogP contribution in [0.2, 0.25) is 0 Å². The molecule has 0 atom stereocenters. The second kappa shape index (κ2) is 10.1. The van der Waals surface area contributed by atoms with Crippen molar-refractivity contribution < 1.29 is 27.2 Å². The van der Waals surface area contributed by atoms with E-state index in [0.29, 0.717) is 24.5 Å². The number of nitrogens with one attached hydrogen (secondary N) is 1. The Hall–Kier alpha value is -2.65. The number of hydrogen-bond acceptors (Lipinski definition) is 6. The summed E-state index contributed by atoms with van der Waals surface area (Å²) in [5.74, 6) is -0.397. The Bertz CT molecular complexity index is 976. The summed E-state index contributed by atoms with van der Waals surface area (Å²) in [7, 11) is -3.60. The fraction of sp³-hybridized carbons (Fsp3) is 0.455. The molecule has 0 spiro atoms. The predicted molar refractivity (Wildman–Crippen MR) is 114 cm³/mol. The van der Waals surface area contributed by atoms with Crippen LogP contribution < -0.4 is 5.32 Å². The number of sulfonamides is 1. The van der Waals surface area contributed by atoms with Gasteiger partial charge in [0.2, 0.25) is 10.0 Å². The summed E-state index contributed by atoms with van der Waals surface area (Å²) in [6.45, 7) is 4.42. The maximum absolute atomic E-state index is 12.9. The van der Waals surface area contributed by atoms with Crippen LogP contribution in [0.1, 0.15) is 43.9 Å².